The fourth-order valence-electron chi connectivity index (χ4n) is 4.84. The number of anilines is 1. The Bertz CT molecular complexity index is 1330. The summed E-state index contributed by atoms with van der Waals surface area (Å²) in [6.07, 6.45) is 1.91. The predicted octanol–water partition coefficient (Wildman–Crippen LogP) is 4.11. The largest absolute Gasteiger partial charge is 0.353 e. The molecule has 0 aliphatic carbocycles. The number of hydrogen-bond donors (Lipinski definition) is 1. The lowest BCUT2D eigenvalue weighted by atomic mass is 10.0. The highest BCUT2D eigenvalue weighted by molar-refractivity contribution is 7.92. The number of carbonyl (C=O) groups is 1. The molecule has 1 heterocycles. The van der Waals surface area contributed by atoms with Gasteiger partial charge in [-0.3, -0.25) is 14.0 Å². The van der Waals surface area contributed by atoms with E-state index in [0.717, 1.165) is 37.1 Å². The molecule has 0 bridgehead atoms. The molecule has 3 aromatic carbocycles. The van der Waals surface area contributed by atoms with Gasteiger partial charge in [-0.1, -0.05) is 60.7 Å². The van der Waals surface area contributed by atoms with Crippen LogP contribution in [0.25, 0.3) is 0 Å². The van der Waals surface area contributed by atoms with E-state index in [1.807, 2.05) is 72.8 Å². The molecule has 1 atom stereocenters. The molecule has 3 aromatic rings. The average molecular weight is 531 g/mol. The Morgan fingerprint density at radius 3 is 2.18 bits per heavy atom. The summed E-state index contributed by atoms with van der Waals surface area (Å²) in [5.74, 6) is -0.0773. The van der Waals surface area contributed by atoms with Crippen molar-refractivity contribution in [3.05, 3.63) is 102 Å². The molecule has 198 valence electrons. The van der Waals surface area contributed by atoms with Crippen LogP contribution in [0.15, 0.2) is 84.9 Å². The maximum absolute atomic E-state index is 13.5. The minimum absolute atomic E-state index is 0.0102. The molecule has 1 saturated heterocycles. The van der Waals surface area contributed by atoms with Gasteiger partial charge in [0.25, 0.3) is 0 Å². The van der Waals surface area contributed by atoms with Crippen LogP contribution in [-0.4, -0.2) is 50.9 Å². The zero-order valence-electron chi connectivity index (χ0n) is 21.7. The molecular weight excluding hydrogens is 496 g/mol. The summed E-state index contributed by atoms with van der Waals surface area (Å²) >= 11 is 0. The Morgan fingerprint density at radius 1 is 0.974 bits per heavy atom. The van der Waals surface area contributed by atoms with Gasteiger partial charge in [-0.05, 0) is 55.2 Å². The highest BCUT2D eigenvalue weighted by Crippen LogP contribution is 2.23. The third-order valence-electron chi connectivity index (χ3n) is 6.97. The van der Waals surface area contributed by atoms with Crippen LogP contribution in [0, 0.1) is 11.3 Å². The molecule has 0 aromatic heterocycles. The van der Waals surface area contributed by atoms with Crippen LogP contribution < -0.4 is 9.62 Å². The number of nitrogens with one attached hydrogen (secondary N) is 1. The molecule has 1 aliphatic rings. The highest BCUT2D eigenvalue weighted by Gasteiger charge is 2.29. The van der Waals surface area contributed by atoms with E-state index >= 15 is 0 Å². The lowest BCUT2D eigenvalue weighted by molar-refractivity contribution is -0.121. The minimum Gasteiger partial charge on any atom is -0.353 e. The number of sulfonamides is 1. The van der Waals surface area contributed by atoms with Crippen LogP contribution in [0.2, 0.25) is 0 Å². The third-order valence-corrected chi connectivity index (χ3v) is 8.70. The maximum atomic E-state index is 13.5. The van der Waals surface area contributed by atoms with Crippen molar-refractivity contribution in [2.24, 2.45) is 0 Å². The minimum atomic E-state index is -3.59. The number of amides is 1. The Balaban J connectivity index is 1.34. The van der Waals surface area contributed by atoms with Crippen molar-refractivity contribution < 1.29 is 13.2 Å². The normalized spacial score (nSPS) is 15.4. The molecule has 38 heavy (non-hydrogen) atoms. The van der Waals surface area contributed by atoms with Crippen molar-refractivity contribution in [2.45, 2.75) is 44.0 Å². The molecule has 0 saturated carbocycles. The molecule has 8 heteroatoms. The van der Waals surface area contributed by atoms with Crippen LogP contribution in [0.3, 0.4) is 0 Å². The van der Waals surface area contributed by atoms with Crippen molar-refractivity contribution in [3.63, 3.8) is 0 Å². The molecule has 1 amide bonds. The van der Waals surface area contributed by atoms with E-state index in [0.29, 0.717) is 17.8 Å². The van der Waals surface area contributed by atoms with E-state index in [1.165, 1.54) is 4.31 Å². The van der Waals surface area contributed by atoms with E-state index in [2.05, 4.69) is 23.2 Å². The van der Waals surface area contributed by atoms with Gasteiger partial charge >= 0.3 is 0 Å². The van der Waals surface area contributed by atoms with Crippen molar-refractivity contribution in [1.82, 2.24) is 10.2 Å². The fourth-order valence-corrected chi connectivity index (χ4v) is 6.49. The average Bonchev–Trinajstić information content (AvgIpc) is 2.93. The SMILES string of the molecule is CC(CN(c1ccccc1)S(=O)(=O)Cc1ccccc1)N1CCC(NC(=O)Cc2ccc(C#N)cc2)CC1. The van der Waals surface area contributed by atoms with Gasteiger partial charge in [0.05, 0.1) is 29.5 Å². The van der Waals surface area contributed by atoms with Crippen molar-refractivity contribution >= 4 is 21.6 Å². The van der Waals surface area contributed by atoms with E-state index in [-0.39, 0.29) is 30.2 Å². The van der Waals surface area contributed by atoms with Gasteiger partial charge in [0.2, 0.25) is 15.9 Å². The number of nitrogens with zero attached hydrogens (tertiary/aromatic N) is 3. The van der Waals surface area contributed by atoms with Crippen LogP contribution in [-0.2, 0) is 27.0 Å². The van der Waals surface area contributed by atoms with Gasteiger partial charge in [-0.25, -0.2) is 8.42 Å². The Labute approximate surface area is 225 Å². The zero-order chi connectivity index (χ0) is 27.0. The summed E-state index contributed by atoms with van der Waals surface area (Å²) in [5.41, 5.74) is 2.89. The van der Waals surface area contributed by atoms with Crippen LogP contribution in [0.5, 0.6) is 0 Å². The highest BCUT2D eigenvalue weighted by atomic mass is 32.2. The second-order valence-corrected chi connectivity index (χ2v) is 11.7. The second kappa shape index (κ2) is 12.7. The van der Waals surface area contributed by atoms with Gasteiger partial charge in [0, 0.05) is 31.7 Å². The number of rotatable bonds is 10. The lowest BCUT2D eigenvalue weighted by Gasteiger charge is -2.38. The molecular formula is C30H34N4O3S. The molecule has 0 spiro atoms. The molecule has 4 rings (SSSR count). The summed E-state index contributed by atoms with van der Waals surface area (Å²) in [6.45, 7) is 3.99. The molecule has 1 N–H and O–H groups in total. The summed E-state index contributed by atoms with van der Waals surface area (Å²) < 4.78 is 28.6. The first-order valence-corrected chi connectivity index (χ1v) is 14.6. The number of nitriles is 1. The van der Waals surface area contributed by atoms with Crippen LogP contribution >= 0.6 is 0 Å². The quantitative estimate of drug-likeness (QED) is 0.426. The fraction of sp³-hybridized carbons (Fsp3) is 0.333. The molecule has 0 radical (unpaired) electrons. The molecule has 1 aliphatic heterocycles. The zero-order valence-corrected chi connectivity index (χ0v) is 22.5. The van der Waals surface area contributed by atoms with Crippen molar-refractivity contribution in [1.29, 1.82) is 5.26 Å². The van der Waals surface area contributed by atoms with Gasteiger partial charge in [-0.15, -0.1) is 0 Å². The standard InChI is InChI=1S/C30H34N4O3S/c1-24(22-34(29-10-6-3-7-11-29)38(36,37)23-27-8-4-2-5-9-27)33-18-16-28(17-19-33)32-30(35)20-25-12-14-26(21-31)15-13-25/h2-15,24,28H,16-20,22-23H2,1H3,(H,32,35). The van der Waals surface area contributed by atoms with Gasteiger partial charge in [0.1, 0.15) is 0 Å². The van der Waals surface area contributed by atoms with Gasteiger partial charge < -0.3 is 5.32 Å². The van der Waals surface area contributed by atoms with E-state index < -0.39 is 10.0 Å². The summed E-state index contributed by atoms with van der Waals surface area (Å²) in [7, 11) is -3.59. The number of para-hydroxylation sites is 1. The third kappa shape index (κ3) is 7.44. The summed E-state index contributed by atoms with van der Waals surface area (Å²) in [5, 5.41) is 12.1. The first kappa shape index (κ1) is 27.4. The second-order valence-electron chi connectivity index (χ2n) is 9.82. The topological polar surface area (TPSA) is 93.5 Å². The van der Waals surface area contributed by atoms with E-state index in [4.69, 9.17) is 5.26 Å². The number of piperidine rings is 1. The van der Waals surface area contributed by atoms with E-state index in [1.54, 1.807) is 12.1 Å². The smallest absolute Gasteiger partial charge is 0.239 e. The first-order valence-electron chi connectivity index (χ1n) is 13.0. The molecule has 1 unspecified atom stereocenters. The van der Waals surface area contributed by atoms with Crippen LogP contribution in [0.4, 0.5) is 5.69 Å². The summed E-state index contributed by atoms with van der Waals surface area (Å²) in [4.78, 5) is 14.9. The number of benzene rings is 3. The van der Waals surface area contributed by atoms with Crippen LogP contribution in [0.1, 0.15) is 36.5 Å². The lowest BCUT2D eigenvalue weighted by Crippen LogP contribution is -2.51. The number of hydrogen-bond acceptors (Lipinski definition) is 5. The maximum Gasteiger partial charge on any atom is 0.239 e. The molecule has 7 nitrogen and oxygen atoms in total. The predicted molar refractivity (Wildman–Crippen MR) is 150 cm³/mol. The van der Waals surface area contributed by atoms with Gasteiger partial charge in [0.15, 0.2) is 0 Å². The van der Waals surface area contributed by atoms with Crippen molar-refractivity contribution in [3.8, 4) is 6.07 Å². The Hall–Kier alpha value is -3.67. The van der Waals surface area contributed by atoms with Crippen molar-refractivity contribution in [2.75, 3.05) is 23.9 Å². The number of likely N-dealkylation sites (tertiary alicyclic amines) is 1. The Morgan fingerprint density at radius 2 is 1.58 bits per heavy atom. The monoisotopic (exact) mass is 530 g/mol. The number of carbonyl (C=O) groups excluding carboxylic acids is 1. The first-order chi connectivity index (χ1) is 18.3. The Kier molecular flexibility index (Phi) is 9.16. The van der Waals surface area contributed by atoms with E-state index in [9.17, 15) is 13.2 Å². The summed E-state index contributed by atoms with van der Waals surface area (Å²) in [6, 6.07) is 27.8. The van der Waals surface area contributed by atoms with Gasteiger partial charge in [-0.2, -0.15) is 5.26 Å². The molecule has 1 fully saturated rings.